The molecule has 7 rings (SSSR count). The lowest BCUT2D eigenvalue weighted by atomic mass is 10.0. The first-order valence-electron chi connectivity index (χ1n) is 14.7. The lowest BCUT2D eigenvalue weighted by molar-refractivity contribution is -0.137. The van der Waals surface area contributed by atoms with Gasteiger partial charge in [-0.2, -0.15) is 13.2 Å². The first kappa shape index (κ1) is 28.7. The summed E-state index contributed by atoms with van der Waals surface area (Å²) in [6.45, 7) is 2.67. The van der Waals surface area contributed by atoms with Gasteiger partial charge in [-0.1, -0.05) is 31.2 Å². The molecule has 0 aliphatic carbocycles. The zero-order valence-electron chi connectivity index (χ0n) is 24.3. The number of pyridine rings is 3. The second kappa shape index (κ2) is 11.1. The van der Waals surface area contributed by atoms with Crippen LogP contribution in [0.5, 0.6) is 0 Å². The average Bonchev–Trinajstić information content (AvgIpc) is 3.06. The van der Waals surface area contributed by atoms with Gasteiger partial charge < -0.3 is 10.2 Å². The van der Waals surface area contributed by atoms with Crippen molar-refractivity contribution in [3.8, 4) is 16.8 Å². The minimum absolute atomic E-state index is 0.0699. The SMILES string of the molecule is CCC(=O)C1CNCCN1c1ccc(-n2c(=O)ccc3cnc4ccc(-c5cnc6ccccc6c5)cc4c32)cc1C(F)(F)F. The Hall–Kier alpha value is -5.09. The van der Waals surface area contributed by atoms with E-state index in [0.29, 0.717) is 28.4 Å². The van der Waals surface area contributed by atoms with Crippen LogP contribution in [0.15, 0.2) is 96.1 Å². The quantitative estimate of drug-likeness (QED) is 0.225. The Balaban J connectivity index is 1.43. The maximum Gasteiger partial charge on any atom is 0.418 e. The van der Waals surface area contributed by atoms with Gasteiger partial charge in [0, 0.05) is 71.9 Å². The van der Waals surface area contributed by atoms with Crippen LogP contribution in [0.1, 0.15) is 18.9 Å². The van der Waals surface area contributed by atoms with Gasteiger partial charge in [-0.05, 0) is 54.1 Å². The van der Waals surface area contributed by atoms with Crippen molar-refractivity contribution in [3.63, 3.8) is 0 Å². The predicted octanol–water partition coefficient (Wildman–Crippen LogP) is 6.53. The molecule has 226 valence electrons. The Morgan fingerprint density at radius 1 is 0.911 bits per heavy atom. The number of carbonyl (C=O) groups is 1. The van der Waals surface area contributed by atoms with Crippen LogP contribution in [-0.4, -0.2) is 46.0 Å². The van der Waals surface area contributed by atoms with Crippen LogP contribution in [0.2, 0.25) is 0 Å². The highest BCUT2D eigenvalue weighted by atomic mass is 19.4. The third-order valence-electron chi connectivity index (χ3n) is 8.46. The second-order valence-electron chi connectivity index (χ2n) is 11.2. The number of nitrogens with one attached hydrogen (secondary N) is 1. The number of para-hydroxylation sites is 1. The zero-order valence-corrected chi connectivity index (χ0v) is 24.3. The van der Waals surface area contributed by atoms with Gasteiger partial charge in [0.1, 0.15) is 6.04 Å². The van der Waals surface area contributed by atoms with Gasteiger partial charge in [0.15, 0.2) is 5.78 Å². The molecule has 0 saturated carbocycles. The number of alkyl halides is 3. The van der Waals surface area contributed by atoms with E-state index in [1.807, 2.05) is 48.5 Å². The first-order chi connectivity index (χ1) is 21.7. The fourth-order valence-corrected chi connectivity index (χ4v) is 6.23. The normalized spacial score (nSPS) is 15.6. The largest absolute Gasteiger partial charge is 0.418 e. The van der Waals surface area contributed by atoms with Gasteiger partial charge in [0.2, 0.25) is 0 Å². The van der Waals surface area contributed by atoms with Crippen molar-refractivity contribution >= 4 is 44.2 Å². The molecular formula is C35H28F3N5O2. The molecule has 3 aromatic carbocycles. The number of anilines is 1. The van der Waals surface area contributed by atoms with Gasteiger partial charge in [-0.25, -0.2) is 0 Å². The molecule has 4 heterocycles. The monoisotopic (exact) mass is 607 g/mol. The van der Waals surface area contributed by atoms with Crippen molar-refractivity contribution in [2.45, 2.75) is 25.6 Å². The number of ketones is 1. The third kappa shape index (κ3) is 5.10. The Kier molecular flexibility index (Phi) is 7.08. The summed E-state index contributed by atoms with van der Waals surface area (Å²) in [5, 5.41) is 5.30. The molecule has 1 saturated heterocycles. The highest BCUT2D eigenvalue weighted by molar-refractivity contribution is 6.05. The molecule has 0 bridgehead atoms. The maximum absolute atomic E-state index is 14.7. The Morgan fingerprint density at radius 3 is 2.56 bits per heavy atom. The number of Topliss-reactive ketones (excluding diaryl/α,β-unsaturated/α-hetero) is 1. The van der Waals surface area contributed by atoms with Crippen molar-refractivity contribution in [1.82, 2.24) is 19.9 Å². The first-order valence-corrected chi connectivity index (χ1v) is 14.7. The summed E-state index contributed by atoms with van der Waals surface area (Å²) >= 11 is 0. The van der Waals surface area contributed by atoms with E-state index in [1.165, 1.54) is 27.7 Å². The summed E-state index contributed by atoms with van der Waals surface area (Å²) in [6.07, 6.45) is -1.13. The second-order valence-corrected chi connectivity index (χ2v) is 11.2. The molecule has 1 fully saturated rings. The summed E-state index contributed by atoms with van der Waals surface area (Å²) < 4.78 is 45.4. The van der Waals surface area contributed by atoms with E-state index in [1.54, 1.807) is 25.4 Å². The van der Waals surface area contributed by atoms with Crippen LogP contribution < -0.4 is 15.8 Å². The third-order valence-corrected chi connectivity index (χ3v) is 8.46. The minimum Gasteiger partial charge on any atom is -0.358 e. The number of halogens is 3. The topological polar surface area (TPSA) is 80.1 Å². The molecule has 1 aliphatic rings. The molecular weight excluding hydrogens is 579 g/mol. The molecule has 1 atom stereocenters. The number of aromatic nitrogens is 3. The fourth-order valence-electron chi connectivity index (χ4n) is 6.23. The summed E-state index contributed by atoms with van der Waals surface area (Å²) in [4.78, 5) is 36.9. The number of fused-ring (bicyclic) bond motifs is 4. The van der Waals surface area contributed by atoms with Gasteiger partial charge in [-0.3, -0.25) is 24.1 Å². The molecule has 3 aromatic heterocycles. The van der Waals surface area contributed by atoms with E-state index >= 15 is 0 Å². The Morgan fingerprint density at radius 2 is 1.73 bits per heavy atom. The van der Waals surface area contributed by atoms with E-state index in [4.69, 9.17) is 0 Å². The van der Waals surface area contributed by atoms with E-state index in [0.717, 1.165) is 28.1 Å². The van der Waals surface area contributed by atoms with Crippen LogP contribution >= 0.6 is 0 Å². The van der Waals surface area contributed by atoms with Gasteiger partial charge in [-0.15, -0.1) is 0 Å². The van der Waals surface area contributed by atoms with Crippen molar-refractivity contribution in [2.24, 2.45) is 0 Å². The number of benzene rings is 3. The highest BCUT2D eigenvalue weighted by Crippen LogP contribution is 2.40. The van der Waals surface area contributed by atoms with Crippen LogP contribution in [0.3, 0.4) is 0 Å². The van der Waals surface area contributed by atoms with Crippen molar-refractivity contribution in [2.75, 3.05) is 24.5 Å². The van der Waals surface area contributed by atoms with Crippen LogP contribution in [-0.2, 0) is 11.0 Å². The highest BCUT2D eigenvalue weighted by Gasteiger charge is 2.38. The van der Waals surface area contributed by atoms with Crippen LogP contribution in [0.25, 0.3) is 49.5 Å². The average molecular weight is 608 g/mol. The van der Waals surface area contributed by atoms with Gasteiger partial charge in [0.25, 0.3) is 5.56 Å². The maximum atomic E-state index is 14.7. The number of carbonyl (C=O) groups excluding carboxylic acids is 1. The number of piperazine rings is 1. The molecule has 10 heteroatoms. The van der Waals surface area contributed by atoms with Crippen LogP contribution in [0.4, 0.5) is 18.9 Å². The molecule has 1 N–H and O–H groups in total. The van der Waals surface area contributed by atoms with E-state index in [9.17, 15) is 22.8 Å². The number of hydrogen-bond acceptors (Lipinski definition) is 6. The fraction of sp³-hybridized carbons (Fsp3) is 0.200. The molecule has 7 nitrogen and oxygen atoms in total. The molecule has 6 aromatic rings. The Labute approximate surface area is 256 Å². The van der Waals surface area contributed by atoms with E-state index in [2.05, 4.69) is 15.3 Å². The number of hydrogen-bond donors (Lipinski definition) is 1. The van der Waals surface area contributed by atoms with E-state index in [-0.39, 0.29) is 36.7 Å². The molecule has 1 aliphatic heterocycles. The predicted molar refractivity (Wildman–Crippen MR) is 170 cm³/mol. The molecule has 0 spiro atoms. The van der Waals surface area contributed by atoms with Crippen molar-refractivity contribution in [1.29, 1.82) is 0 Å². The molecule has 1 unspecified atom stereocenters. The van der Waals surface area contributed by atoms with Crippen molar-refractivity contribution in [3.05, 3.63) is 107 Å². The lowest BCUT2D eigenvalue weighted by Crippen LogP contribution is -2.55. The zero-order chi connectivity index (χ0) is 31.3. The summed E-state index contributed by atoms with van der Waals surface area (Å²) in [6, 6.07) is 21.6. The minimum atomic E-state index is -4.73. The summed E-state index contributed by atoms with van der Waals surface area (Å²) in [5.74, 6) is -0.138. The van der Waals surface area contributed by atoms with Gasteiger partial charge in [0.05, 0.1) is 27.8 Å². The summed E-state index contributed by atoms with van der Waals surface area (Å²) in [5.41, 5.74) is 2.20. The molecule has 0 amide bonds. The summed E-state index contributed by atoms with van der Waals surface area (Å²) in [7, 11) is 0. The van der Waals surface area contributed by atoms with Crippen molar-refractivity contribution < 1.29 is 18.0 Å². The van der Waals surface area contributed by atoms with E-state index < -0.39 is 23.3 Å². The van der Waals surface area contributed by atoms with Crippen LogP contribution in [0, 0.1) is 0 Å². The molecule has 45 heavy (non-hydrogen) atoms. The number of nitrogens with zero attached hydrogens (tertiary/aromatic N) is 4. The lowest BCUT2D eigenvalue weighted by Gasteiger charge is -2.38. The van der Waals surface area contributed by atoms with Gasteiger partial charge >= 0.3 is 6.18 Å². The molecule has 0 radical (unpaired) electrons. The smallest absolute Gasteiger partial charge is 0.358 e. The Bertz CT molecular complexity index is 2180. The number of rotatable bonds is 5. The standard InChI is InChI=1S/C35H28F3N5O2/c1-2-32(44)31-20-39-13-14-42(31)30-11-9-25(17-27(30)35(36,37)38)43-33(45)12-8-23-18-41-29-10-7-21(16-26(29)34(23)43)24-15-22-5-3-4-6-28(22)40-19-24/h3-12,15-19,31,39H,2,13-14,20H2,1H3.